The van der Waals surface area contributed by atoms with Gasteiger partial charge in [-0.05, 0) is 56.0 Å². The lowest BCUT2D eigenvalue weighted by molar-refractivity contribution is -0.231. The number of nitrogens with two attached hydrogens (primary N) is 1. The van der Waals surface area contributed by atoms with Crippen molar-refractivity contribution in [3.63, 3.8) is 0 Å². The molecule has 10 nitrogen and oxygen atoms in total. The van der Waals surface area contributed by atoms with Crippen LogP contribution in [0.3, 0.4) is 0 Å². The number of nitrogens with zero attached hydrogens (tertiary/aromatic N) is 3. The zero-order chi connectivity index (χ0) is 25.1. The van der Waals surface area contributed by atoms with Crippen molar-refractivity contribution < 1.29 is 18.7 Å². The molecule has 2 aliphatic rings. The fourth-order valence-corrected chi connectivity index (χ4v) is 3.94. The molecule has 190 valence electrons. The highest BCUT2D eigenvalue weighted by Gasteiger charge is 2.41. The Hall–Kier alpha value is -3.41. The molecule has 2 fully saturated rings. The summed E-state index contributed by atoms with van der Waals surface area (Å²) in [6.07, 6.45) is 3.18. The molecular weight excluding hydrogens is 465 g/mol. The fraction of sp³-hybridized carbons (Fsp3) is 0.440. The van der Waals surface area contributed by atoms with Crippen LogP contribution in [0.1, 0.15) is 31.9 Å². The van der Waals surface area contributed by atoms with Gasteiger partial charge in [0.05, 0.1) is 35.7 Å². The summed E-state index contributed by atoms with van der Waals surface area (Å²) in [5.74, 6) is 1.04. The van der Waals surface area contributed by atoms with E-state index in [0.717, 1.165) is 0 Å². The van der Waals surface area contributed by atoms with Gasteiger partial charge < -0.3 is 30.8 Å². The average molecular weight is 496 g/mol. The number of ether oxygens (including phenoxy) is 2. The van der Waals surface area contributed by atoms with Crippen molar-refractivity contribution in [2.24, 2.45) is 17.1 Å². The van der Waals surface area contributed by atoms with Gasteiger partial charge in [-0.25, -0.2) is 19.3 Å². The molecular formula is C25H30FN7O3. The summed E-state index contributed by atoms with van der Waals surface area (Å²) in [6.45, 7) is 3.88. The van der Waals surface area contributed by atoms with Crippen LogP contribution in [0.25, 0.3) is 22.6 Å². The molecule has 0 spiro atoms. The first-order chi connectivity index (χ1) is 17.4. The lowest BCUT2D eigenvalue weighted by atomic mass is 9.91. The molecule has 36 heavy (non-hydrogen) atoms. The highest BCUT2D eigenvalue weighted by molar-refractivity contribution is 5.82. The zero-order valence-corrected chi connectivity index (χ0v) is 20.1. The van der Waals surface area contributed by atoms with E-state index in [9.17, 15) is 9.18 Å². The van der Waals surface area contributed by atoms with Crippen LogP contribution in [0.2, 0.25) is 0 Å². The van der Waals surface area contributed by atoms with E-state index >= 15 is 0 Å². The Morgan fingerprint density at radius 1 is 1.19 bits per heavy atom. The summed E-state index contributed by atoms with van der Waals surface area (Å²) >= 11 is 0. The van der Waals surface area contributed by atoms with Crippen LogP contribution in [0.5, 0.6) is 0 Å². The van der Waals surface area contributed by atoms with E-state index in [0.29, 0.717) is 60.0 Å². The van der Waals surface area contributed by atoms with Gasteiger partial charge in [0.2, 0.25) is 18.1 Å². The fourth-order valence-electron chi connectivity index (χ4n) is 3.94. The van der Waals surface area contributed by atoms with Crippen molar-refractivity contribution in [2.45, 2.75) is 26.1 Å². The number of H-pyrrole nitrogens is 1. The summed E-state index contributed by atoms with van der Waals surface area (Å²) in [5, 5.41) is 6.07. The summed E-state index contributed by atoms with van der Waals surface area (Å²) in [6, 6.07) is 7.80. The van der Waals surface area contributed by atoms with E-state index in [1.54, 1.807) is 24.4 Å². The van der Waals surface area contributed by atoms with Gasteiger partial charge in [-0.2, -0.15) is 0 Å². The van der Waals surface area contributed by atoms with Crippen LogP contribution in [-0.4, -0.2) is 58.7 Å². The van der Waals surface area contributed by atoms with Crippen molar-refractivity contribution in [3.8, 4) is 22.6 Å². The number of anilines is 1. The number of carbonyl (C=O) groups excluding carboxylic acids is 1. The smallest absolute Gasteiger partial charge is 0.230 e. The third-order valence-corrected chi connectivity index (χ3v) is 6.31. The van der Waals surface area contributed by atoms with E-state index in [1.807, 2.05) is 6.92 Å². The van der Waals surface area contributed by atoms with Crippen LogP contribution in [0.15, 0.2) is 36.5 Å². The van der Waals surface area contributed by atoms with Crippen molar-refractivity contribution in [1.29, 1.82) is 0 Å². The van der Waals surface area contributed by atoms with E-state index in [-0.39, 0.29) is 24.9 Å². The predicted octanol–water partition coefficient (Wildman–Crippen LogP) is 2.62. The lowest BCUT2D eigenvalue weighted by Gasteiger charge is -2.35. The summed E-state index contributed by atoms with van der Waals surface area (Å²) in [4.78, 5) is 29.5. The SMILES string of the molecule is CC1(C(=O)NCC2CC2)COC(c2nc(-c3ccc(F)cc3)c(-c3ccnc(NCCN)n3)[nH]2)OC1. The number of hydrogen-bond acceptors (Lipinski definition) is 8. The van der Waals surface area contributed by atoms with Crippen molar-refractivity contribution in [2.75, 3.05) is 38.2 Å². The second-order valence-corrected chi connectivity index (χ2v) is 9.50. The van der Waals surface area contributed by atoms with Gasteiger partial charge in [-0.1, -0.05) is 0 Å². The number of benzene rings is 1. The molecule has 0 bridgehead atoms. The Morgan fingerprint density at radius 3 is 2.64 bits per heavy atom. The van der Waals surface area contributed by atoms with Crippen LogP contribution in [0, 0.1) is 17.2 Å². The van der Waals surface area contributed by atoms with E-state index in [1.165, 1.54) is 25.0 Å². The standard InChI is InChI=1S/C25H30FN7O3/c1-25(23(34)30-12-15-2-3-15)13-35-22(36-14-25)21-32-19(16-4-6-17(26)7-5-16)20(33-21)18-8-10-28-24(31-18)29-11-9-27/h4-8,10,15,22H,2-3,9,11-14,27H2,1H3,(H,30,34)(H,32,33)(H,28,29,31). The molecule has 0 atom stereocenters. The van der Waals surface area contributed by atoms with Gasteiger partial charge in [-0.3, -0.25) is 4.79 Å². The first-order valence-electron chi connectivity index (χ1n) is 12.1. The van der Waals surface area contributed by atoms with Gasteiger partial charge in [-0.15, -0.1) is 0 Å². The average Bonchev–Trinajstić information content (AvgIpc) is 3.63. The van der Waals surface area contributed by atoms with E-state index < -0.39 is 11.7 Å². The number of imidazole rings is 1. The van der Waals surface area contributed by atoms with Crippen molar-refractivity contribution >= 4 is 11.9 Å². The number of carbonyl (C=O) groups is 1. The first-order valence-corrected chi connectivity index (χ1v) is 12.1. The third-order valence-electron chi connectivity index (χ3n) is 6.31. The Balaban J connectivity index is 1.39. The second-order valence-electron chi connectivity index (χ2n) is 9.50. The number of halogens is 1. The summed E-state index contributed by atoms with van der Waals surface area (Å²) in [5.41, 5.74) is 7.25. The monoisotopic (exact) mass is 495 g/mol. The molecule has 1 aliphatic carbocycles. The van der Waals surface area contributed by atoms with Gasteiger partial charge >= 0.3 is 0 Å². The Morgan fingerprint density at radius 2 is 1.94 bits per heavy atom. The third kappa shape index (κ3) is 5.38. The molecule has 3 aromatic rings. The number of nitrogens with one attached hydrogen (secondary N) is 3. The number of hydrogen-bond donors (Lipinski definition) is 4. The normalized spacial score (nSPS) is 21.8. The molecule has 1 saturated heterocycles. The highest BCUT2D eigenvalue weighted by atomic mass is 19.1. The number of aromatic amines is 1. The number of rotatable bonds is 9. The molecule has 1 amide bonds. The molecule has 5 rings (SSSR count). The zero-order valence-electron chi connectivity index (χ0n) is 20.1. The van der Waals surface area contributed by atoms with Crippen LogP contribution in [0.4, 0.5) is 10.3 Å². The minimum absolute atomic E-state index is 0.0709. The molecule has 1 aliphatic heterocycles. The Labute approximate surface area is 208 Å². The minimum atomic E-state index is -0.793. The van der Waals surface area contributed by atoms with Crippen LogP contribution < -0.4 is 16.4 Å². The molecule has 1 saturated carbocycles. The van der Waals surface area contributed by atoms with E-state index in [4.69, 9.17) is 20.2 Å². The van der Waals surface area contributed by atoms with Gasteiger partial charge in [0, 0.05) is 31.4 Å². The molecule has 0 radical (unpaired) electrons. The quantitative estimate of drug-likeness (QED) is 0.355. The molecule has 3 heterocycles. The number of aromatic nitrogens is 4. The summed E-state index contributed by atoms with van der Waals surface area (Å²) in [7, 11) is 0. The van der Waals surface area contributed by atoms with E-state index in [2.05, 4.69) is 25.6 Å². The van der Waals surface area contributed by atoms with Crippen molar-refractivity contribution in [3.05, 3.63) is 48.2 Å². The molecule has 1 aromatic carbocycles. The van der Waals surface area contributed by atoms with Gasteiger partial charge in [0.1, 0.15) is 5.82 Å². The molecule has 0 unspecified atom stereocenters. The second kappa shape index (κ2) is 10.3. The van der Waals surface area contributed by atoms with Crippen LogP contribution >= 0.6 is 0 Å². The van der Waals surface area contributed by atoms with Gasteiger partial charge in [0.25, 0.3) is 0 Å². The largest absolute Gasteiger partial charge is 0.355 e. The topological polar surface area (TPSA) is 140 Å². The minimum Gasteiger partial charge on any atom is -0.355 e. The summed E-state index contributed by atoms with van der Waals surface area (Å²) < 4.78 is 25.5. The maximum Gasteiger partial charge on any atom is 0.230 e. The maximum atomic E-state index is 13.6. The van der Waals surface area contributed by atoms with Gasteiger partial charge in [0.15, 0.2) is 5.82 Å². The molecule has 5 N–H and O–H groups in total. The Bertz CT molecular complexity index is 1200. The van der Waals surface area contributed by atoms with Crippen LogP contribution in [-0.2, 0) is 14.3 Å². The lowest BCUT2D eigenvalue weighted by Crippen LogP contribution is -2.49. The Kier molecular flexibility index (Phi) is 6.95. The number of amides is 1. The first kappa shape index (κ1) is 24.3. The molecule has 11 heteroatoms. The predicted molar refractivity (Wildman–Crippen MR) is 131 cm³/mol. The highest BCUT2D eigenvalue weighted by Crippen LogP contribution is 2.36. The van der Waals surface area contributed by atoms with Crippen molar-refractivity contribution in [1.82, 2.24) is 25.3 Å². The molecule has 2 aromatic heterocycles. The maximum absolute atomic E-state index is 13.6.